The molecular formula is C9H17N3O3. The maximum atomic E-state index is 9.52. The molecule has 0 aliphatic heterocycles. The molecule has 2 atom stereocenters. The fourth-order valence-corrected chi connectivity index (χ4v) is 1.11. The summed E-state index contributed by atoms with van der Waals surface area (Å²) in [7, 11) is 1.62. The molecule has 86 valence electrons. The number of rotatable bonds is 6. The molecule has 0 aliphatic rings. The van der Waals surface area contributed by atoms with Crippen LogP contribution in [0.2, 0.25) is 0 Å². The van der Waals surface area contributed by atoms with Crippen molar-refractivity contribution in [2.45, 2.75) is 32.0 Å². The third kappa shape index (κ3) is 3.58. The van der Waals surface area contributed by atoms with E-state index < -0.39 is 6.10 Å². The molecule has 15 heavy (non-hydrogen) atoms. The van der Waals surface area contributed by atoms with Crippen LogP contribution in [0.3, 0.4) is 0 Å². The number of hydrogen-bond acceptors (Lipinski definition) is 6. The highest BCUT2D eigenvalue weighted by Gasteiger charge is 2.16. The third-order valence-corrected chi connectivity index (χ3v) is 2.08. The van der Waals surface area contributed by atoms with Crippen LogP contribution in [0.1, 0.15) is 31.2 Å². The molecule has 1 heterocycles. The van der Waals surface area contributed by atoms with Crippen molar-refractivity contribution in [3.8, 4) is 0 Å². The first-order chi connectivity index (χ1) is 7.17. The Morgan fingerprint density at radius 3 is 2.93 bits per heavy atom. The van der Waals surface area contributed by atoms with Crippen LogP contribution in [-0.2, 0) is 11.2 Å². The number of aliphatic hydroxyl groups excluding tert-OH is 1. The summed E-state index contributed by atoms with van der Waals surface area (Å²) in [5.41, 5.74) is 5.31. The smallest absolute Gasteiger partial charge is 0.255 e. The summed E-state index contributed by atoms with van der Waals surface area (Å²) in [6, 6.07) is 0. The molecule has 0 saturated carbocycles. The molecule has 3 N–H and O–H groups in total. The largest absolute Gasteiger partial charge is 0.383 e. The van der Waals surface area contributed by atoms with Gasteiger partial charge in [0.15, 0.2) is 5.82 Å². The van der Waals surface area contributed by atoms with Crippen molar-refractivity contribution in [2.75, 3.05) is 13.7 Å². The highest BCUT2D eigenvalue weighted by Crippen LogP contribution is 2.13. The van der Waals surface area contributed by atoms with Gasteiger partial charge in [-0.3, -0.25) is 0 Å². The predicted molar refractivity (Wildman–Crippen MR) is 53.1 cm³/mol. The lowest BCUT2D eigenvalue weighted by atomic mass is 10.2. The Bertz CT molecular complexity index is 290. The Labute approximate surface area is 88.4 Å². The molecule has 1 unspecified atom stereocenters. The molecule has 0 bridgehead atoms. The van der Waals surface area contributed by atoms with Gasteiger partial charge in [0, 0.05) is 13.5 Å². The molecule has 6 nitrogen and oxygen atoms in total. The molecule has 0 aliphatic carbocycles. The molecule has 0 amide bonds. The highest BCUT2D eigenvalue weighted by atomic mass is 16.5. The van der Waals surface area contributed by atoms with Gasteiger partial charge in [-0.1, -0.05) is 5.16 Å². The Kier molecular flexibility index (Phi) is 4.67. The molecule has 1 aromatic rings. The van der Waals surface area contributed by atoms with Gasteiger partial charge in [0.25, 0.3) is 5.89 Å². The van der Waals surface area contributed by atoms with E-state index in [0.717, 1.165) is 0 Å². The molecule has 1 aromatic heterocycles. The summed E-state index contributed by atoms with van der Waals surface area (Å²) in [4.78, 5) is 4.05. The van der Waals surface area contributed by atoms with E-state index in [2.05, 4.69) is 10.1 Å². The SMILES string of the molecule is COC(C)Cc1noc([C@@H](O)CCN)n1. The highest BCUT2D eigenvalue weighted by molar-refractivity contribution is 4.91. The lowest BCUT2D eigenvalue weighted by molar-refractivity contribution is 0.116. The van der Waals surface area contributed by atoms with Crippen molar-refractivity contribution in [2.24, 2.45) is 5.73 Å². The summed E-state index contributed by atoms with van der Waals surface area (Å²) in [5, 5.41) is 13.3. The second-order valence-electron chi connectivity index (χ2n) is 3.39. The van der Waals surface area contributed by atoms with Gasteiger partial charge in [-0.05, 0) is 19.9 Å². The average Bonchev–Trinajstić information content (AvgIpc) is 2.66. The first kappa shape index (κ1) is 12.1. The average molecular weight is 215 g/mol. The molecule has 6 heteroatoms. The van der Waals surface area contributed by atoms with E-state index in [0.29, 0.717) is 25.2 Å². The van der Waals surface area contributed by atoms with Crippen LogP contribution in [0.25, 0.3) is 0 Å². The maximum absolute atomic E-state index is 9.52. The normalized spacial score (nSPS) is 15.2. The second kappa shape index (κ2) is 5.79. The lowest BCUT2D eigenvalue weighted by Gasteiger charge is -2.04. The predicted octanol–water partition coefficient (Wildman–Crippen LogP) is 0.0292. The van der Waals surface area contributed by atoms with Gasteiger partial charge in [0.2, 0.25) is 0 Å². The van der Waals surface area contributed by atoms with Crippen LogP contribution >= 0.6 is 0 Å². The summed E-state index contributed by atoms with van der Waals surface area (Å²) in [5.74, 6) is 0.758. The van der Waals surface area contributed by atoms with Crippen LogP contribution in [0.15, 0.2) is 4.52 Å². The molecule has 0 aromatic carbocycles. The molecule has 1 rings (SSSR count). The van der Waals surface area contributed by atoms with Gasteiger partial charge in [0.1, 0.15) is 6.10 Å². The maximum Gasteiger partial charge on any atom is 0.255 e. The van der Waals surface area contributed by atoms with E-state index in [1.807, 2.05) is 6.92 Å². The Morgan fingerprint density at radius 1 is 1.60 bits per heavy atom. The van der Waals surface area contributed by atoms with Gasteiger partial charge in [-0.2, -0.15) is 4.98 Å². The van der Waals surface area contributed by atoms with E-state index in [4.69, 9.17) is 15.0 Å². The number of methoxy groups -OCH3 is 1. The van der Waals surface area contributed by atoms with Crippen LogP contribution in [0.5, 0.6) is 0 Å². The monoisotopic (exact) mass is 215 g/mol. The van der Waals surface area contributed by atoms with Crippen molar-refractivity contribution >= 4 is 0 Å². The number of aromatic nitrogens is 2. The van der Waals surface area contributed by atoms with Gasteiger partial charge in [-0.25, -0.2) is 0 Å². The molecule has 0 spiro atoms. The number of aliphatic hydroxyl groups is 1. The summed E-state index contributed by atoms with van der Waals surface area (Å²) in [6.07, 6.45) is 0.243. The fraction of sp³-hybridized carbons (Fsp3) is 0.778. The molecule has 0 fully saturated rings. The van der Waals surface area contributed by atoms with Gasteiger partial charge in [0.05, 0.1) is 6.10 Å². The topological polar surface area (TPSA) is 94.4 Å². The van der Waals surface area contributed by atoms with Crippen molar-refractivity contribution in [3.05, 3.63) is 11.7 Å². The van der Waals surface area contributed by atoms with Gasteiger partial charge in [-0.15, -0.1) is 0 Å². The van der Waals surface area contributed by atoms with Crippen molar-refractivity contribution in [1.29, 1.82) is 0 Å². The van der Waals surface area contributed by atoms with Crippen LogP contribution in [0, 0.1) is 0 Å². The van der Waals surface area contributed by atoms with Crippen molar-refractivity contribution in [1.82, 2.24) is 10.1 Å². The van der Waals surface area contributed by atoms with Crippen LogP contribution < -0.4 is 5.73 Å². The van der Waals surface area contributed by atoms with Gasteiger partial charge >= 0.3 is 0 Å². The number of nitrogens with zero attached hydrogens (tertiary/aromatic N) is 2. The summed E-state index contributed by atoms with van der Waals surface area (Å²) in [6.45, 7) is 2.29. The standard InChI is InChI=1S/C9H17N3O3/c1-6(14-2)5-8-11-9(15-12-8)7(13)3-4-10/h6-7,13H,3-5,10H2,1-2H3/t6?,7-/m0/s1. The Balaban J connectivity index is 2.55. The number of ether oxygens (including phenoxy) is 1. The van der Waals surface area contributed by atoms with E-state index in [1.54, 1.807) is 7.11 Å². The summed E-state index contributed by atoms with van der Waals surface area (Å²) < 4.78 is 9.97. The van der Waals surface area contributed by atoms with Gasteiger partial charge < -0.3 is 20.1 Å². The zero-order valence-corrected chi connectivity index (χ0v) is 9.01. The number of hydrogen-bond donors (Lipinski definition) is 2. The first-order valence-electron chi connectivity index (χ1n) is 4.90. The minimum atomic E-state index is -0.769. The second-order valence-corrected chi connectivity index (χ2v) is 3.39. The van der Waals surface area contributed by atoms with E-state index in [9.17, 15) is 5.11 Å². The van der Waals surface area contributed by atoms with E-state index in [-0.39, 0.29) is 12.0 Å². The Morgan fingerprint density at radius 2 is 2.33 bits per heavy atom. The Hall–Kier alpha value is -0.980. The third-order valence-electron chi connectivity index (χ3n) is 2.08. The minimum absolute atomic E-state index is 0.0297. The zero-order valence-electron chi connectivity index (χ0n) is 9.01. The molecule has 0 radical (unpaired) electrons. The van der Waals surface area contributed by atoms with Crippen molar-refractivity contribution in [3.63, 3.8) is 0 Å². The zero-order chi connectivity index (χ0) is 11.3. The lowest BCUT2D eigenvalue weighted by Crippen LogP contribution is -2.10. The van der Waals surface area contributed by atoms with Crippen LogP contribution in [-0.4, -0.2) is 35.0 Å². The van der Waals surface area contributed by atoms with Crippen molar-refractivity contribution < 1.29 is 14.4 Å². The molecule has 0 saturated heterocycles. The fourth-order valence-electron chi connectivity index (χ4n) is 1.11. The minimum Gasteiger partial charge on any atom is -0.383 e. The first-order valence-corrected chi connectivity index (χ1v) is 4.90. The van der Waals surface area contributed by atoms with E-state index in [1.165, 1.54) is 0 Å². The van der Waals surface area contributed by atoms with Crippen LogP contribution in [0.4, 0.5) is 0 Å². The quantitative estimate of drug-likeness (QED) is 0.695. The molecular weight excluding hydrogens is 198 g/mol. The van der Waals surface area contributed by atoms with E-state index >= 15 is 0 Å². The summed E-state index contributed by atoms with van der Waals surface area (Å²) >= 11 is 0. The number of nitrogens with two attached hydrogens (primary N) is 1.